The maximum Gasteiger partial charge on any atom is 0.145 e. The van der Waals surface area contributed by atoms with Gasteiger partial charge >= 0.3 is 0 Å². The third-order valence-electron chi connectivity index (χ3n) is 4.21. The summed E-state index contributed by atoms with van der Waals surface area (Å²) in [6.07, 6.45) is 1.03. The molecule has 1 aromatic rings. The molecule has 1 heterocycles. The lowest BCUT2D eigenvalue weighted by Crippen LogP contribution is -2.39. The van der Waals surface area contributed by atoms with Crippen LogP contribution in [0.4, 0.5) is 4.39 Å². The summed E-state index contributed by atoms with van der Waals surface area (Å²) in [5, 5.41) is 3.26. The van der Waals surface area contributed by atoms with Gasteiger partial charge in [-0.2, -0.15) is 0 Å². The van der Waals surface area contributed by atoms with E-state index in [4.69, 9.17) is 0 Å². The molecule has 1 N–H and O–H groups in total. The number of carbonyl (C=O) groups is 1. The second kappa shape index (κ2) is 5.71. The van der Waals surface area contributed by atoms with Crippen molar-refractivity contribution in [1.29, 1.82) is 0 Å². The predicted molar refractivity (Wildman–Crippen MR) is 77.6 cm³/mol. The lowest BCUT2D eigenvalue weighted by molar-refractivity contribution is -0.129. The Morgan fingerprint density at radius 2 is 2.26 bits per heavy atom. The lowest BCUT2D eigenvalue weighted by atomic mass is 9.71. The molecule has 1 atom stereocenters. The fraction of sp³-hybridized carbons (Fsp3) is 0.533. The third-order valence-corrected chi connectivity index (χ3v) is 4.71. The van der Waals surface area contributed by atoms with E-state index in [0.29, 0.717) is 16.6 Å². The average Bonchev–Trinajstić information content (AvgIpc) is 2.83. The van der Waals surface area contributed by atoms with Crippen LogP contribution in [-0.2, 0) is 11.2 Å². The summed E-state index contributed by atoms with van der Waals surface area (Å²) < 4.78 is 14.5. The molecule has 0 amide bonds. The van der Waals surface area contributed by atoms with Crippen LogP contribution in [0.3, 0.4) is 0 Å². The van der Waals surface area contributed by atoms with Crippen LogP contribution >= 0.6 is 15.9 Å². The van der Waals surface area contributed by atoms with Crippen LogP contribution in [0.1, 0.15) is 25.8 Å². The highest BCUT2D eigenvalue weighted by atomic mass is 79.9. The highest BCUT2D eigenvalue weighted by molar-refractivity contribution is 9.10. The summed E-state index contributed by atoms with van der Waals surface area (Å²) in [6, 6.07) is 4.88. The molecule has 1 unspecified atom stereocenters. The van der Waals surface area contributed by atoms with Gasteiger partial charge in [-0.25, -0.2) is 4.39 Å². The van der Waals surface area contributed by atoms with Gasteiger partial charge in [-0.1, -0.05) is 35.8 Å². The van der Waals surface area contributed by atoms with Crippen LogP contribution in [0.2, 0.25) is 0 Å². The van der Waals surface area contributed by atoms with Crippen LogP contribution in [0.25, 0.3) is 0 Å². The summed E-state index contributed by atoms with van der Waals surface area (Å²) >= 11 is 3.23. The molecule has 1 saturated heterocycles. The number of rotatable bonds is 4. The van der Waals surface area contributed by atoms with Crippen molar-refractivity contribution in [3.63, 3.8) is 0 Å². The molecule has 0 saturated carbocycles. The molecule has 1 aromatic carbocycles. The van der Waals surface area contributed by atoms with E-state index >= 15 is 0 Å². The highest BCUT2D eigenvalue weighted by Gasteiger charge is 2.43. The van der Waals surface area contributed by atoms with Gasteiger partial charge in [0.1, 0.15) is 11.6 Å². The topological polar surface area (TPSA) is 29.1 Å². The number of ketones is 1. The van der Waals surface area contributed by atoms with Gasteiger partial charge in [-0.05, 0) is 36.6 Å². The zero-order chi connectivity index (χ0) is 14.0. The zero-order valence-corrected chi connectivity index (χ0v) is 12.9. The van der Waals surface area contributed by atoms with Crippen LogP contribution in [0, 0.1) is 17.2 Å². The van der Waals surface area contributed by atoms with Gasteiger partial charge in [-0.3, -0.25) is 4.79 Å². The number of Topliss-reactive ketones (excluding diaryl/α,β-unsaturated/α-hetero) is 1. The van der Waals surface area contributed by atoms with Gasteiger partial charge < -0.3 is 5.32 Å². The summed E-state index contributed by atoms with van der Waals surface area (Å²) in [5.41, 5.74) is 0.152. The molecule has 104 valence electrons. The van der Waals surface area contributed by atoms with E-state index in [0.717, 1.165) is 13.0 Å². The van der Waals surface area contributed by atoms with E-state index in [1.165, 1.54) is 6.07 Å². The van der Waals surface area contributed by atoms with E-state index in [9.17, 15) is 9.18 Å². The minimum Gasteiger partial charge on any atom is -0.316 e. The maximum atomic E-state index is 13.8. The molecule has 0 radical (unpaired) electrons. The lowest BCUT2D eigenvalue weighted by Gasteiger charge is -2.31. The molecular weight excluding hydrogens is 309 g/mol. The standard InChI is InChI=1S/C15H19BrFNO/c1-10(2)15(5-6-18-9-15)14(19)7-11-3-4-12(16)8-13(11)17/h3-4,8,10,18H,5-7,9H2,1-2H3. The molecule has 1 aliphatic heterocycles. The number of halogens is 2. The number of hydrogen-bond donors (Lipinski definition) is 1. The molecule has 0 spiro atoms. The Bertz CT molecular complexity index is 481. The van der Waals surface area contributed by atoms with E-state index in [2.05, 4.69) is 35.1 Å². The fourth-order valence-electron chi connectivity index (χ4n) is 2.78. The molecule has 2 rings (SSSR count). The van der Waals surface area contributed by atoms with Crippen molar-refractivity contribution in [2.24, 2.45) is 11.3 Å². The van der Waals surface area contributed by atoms with Crippen molar-refractivity contribution < 1.29 is 9.18 Å². The normalized spacial score (nSPS) is 23.0. The van der Waals surface area contributed by atoms with Gasteiger partial charge in [0.05, 0.1) is 0 Å². The van der Waals surface area contributed by atoms with Crippen LogP contribution in [0.5, 0.6) is 0 Å². The Balaban J connectivity index is 2.20. The molecule has 0 aromatic heterocycles. The minimum absolute atomic E-state index is 0.147. The van der Waals surface area contributed by atoms with Crippen molar-refractivity contribution in [2.45, 2.75) is 26.7 Å². The summed E-state index contributed by atoms with van der Waals surface area (Å²) in [7, 11) is 0. The molecule has 1 aliphatic rings. The highest BCUT2D eigenvalue weighted by Crippen LogP contribution is 2.36. The Morgan fingerprint density at radius 3 is 2.79 bits per heavy atom. The van der Waals surface area contributed by atoms with Crippen LogP contribution in [-0.4, -0.2) is 18.9 Å². The van der Waals surface area contributed by atoms with Crippen molar-refractivity contribution >= 4 is 21.7 Å². The molecule has 2 nitrogen and oxygen atoms in total. The largest absolute Gasteiger partial charge is 0.316 e. The van der Waals surface area contributed by atoms with Gasteiger partial charge in [0, 0.05) is 22.9 Å². The summed E-state index contributed by atoms with van der Waals surface area (Å²) in [6.45, 7) is 5.72. The number of benzene rings is 1. The van der Waals surface area contributed by atoms with Gasteiger partial charge in [0.2, 0.25) is 0 Å². The van der Waals surface area contributed by atoms with Crippen molar-refractivity contribution in [3.8, 4) is 0 Å². The Morgan fingerprint density at radius 1 is 1.53 bits per heavy atom. The molecule has 1 fully saturated rings. The number of carbonyl (C=O) groups excluding carboxylic acids is 1. The molecule has 0 aliphatic carbocycles. The van der Waals surface area contributed by atoms with Crippen molar-refractivity contribution in [2.75, 3.05) is 13.1 Å². The Labute approximate surface area is 121 Å². The monoisotopic (exact) mass is 327 g/mol. The van der Waals surface area contributed by atoms with Gasteiger partial charge in [0.15, 0.2) is 0 Å². The minimum atomic E-state index is -0.334. The zero-order valence-electron chi connectivity index (χ0n) is 11.3. The van der Waals surface area contributed by atoms with E-state index < -0.39 is 0 Å². The average molecular weight is 328 g/mol. The second-order valence-corrected chi connectivity index (χ2v) is 6.49. The molecule has 0 bridgehead atoms. The maximum absolute atomic E-state index is 13.8. The molecular formula is C15H19BrFNO. The molecule has 19 heavy (non-hydrogen) atoms. The predicted octanol–water partition coefficient (Wildman–Crippen LogP) is 3.34. The van der Waals surface area contributed by atoms with E-state index in [1.807, 2.05) is 0 Å². The first kappa shape index (κ1) is 14.7. The SMILES string of the molecule is CC(C)C1(C(=O)Cc2ccc(Br)cc2F)CCNC1. The summed E-state index contributed by atoms with van der Waals surface area (Å²) in [5.74, 6) is 0.106. The second-order valence-electron chi connectivity index (χ2n) is 5.57. The molecule has 4 heteroatoms. The quantitative estimate of drug-likeness (QED) is 0.918. The Kier molecular flexibility index (Phi) is 4.41. The first-order chi connectivity index (χ1) is 8.95. The van der Waals surface area contributed by atoms with Gasteiger partial charge in [0.25, 0.3) is 0 Å². The third kappa shape index (κ3) is 2.90. The van der Waals surface area contributed by atoms with E-state index in [-0.39, 0.29) is 29.4 Å². The Hall–Kier alpha value is -0.740. The number of hydrogen-bond acceptors (Lipinski definition) is 2. The smallest absolute Gasteiger partial charge is 0.145 e. The summed E-state index contributed by atoms with van der Waals surface area (Å²) in [4.78, 5) is 12.6. The van der Waals surface area contributed by atoms with E-state index in [1.54, 1.807) is 12.1 Å². The number of nitrogens with one attached hydrogen (secondary N) is 1. The first-order valence-electron chi connectivity index (χ1n) is 6.63. The van der Waals surface area contributed by atoms with Crippen LogP contribution in [0.15, 0.2) is 22.7 Å². The van der Waals surface area contributed by atoms with Gasteiger partial charge in [-0.15, -0.1) is 0 Å². The van der Waals surface area contributed by atoms with Crippen LogP contribution < -0.4 is 5.32 Å². The van der Waals surface area contributed by atoms with Crippen molar-refractivity contribution in [1.82, 2.24) is 5.32 Å². The van der Waals surface area contributed by atoms with Crippen molar-refractivity contribution in [3.05, 3.63) is 34.1 Å². The first-order valence-corrected chi connectivity index (χ1v) is 7.43. The fourth-order valence-corrected chi connectivity index (χ4v) is 3.11.